The molecule has 0 bridgehead atoms. The minimum Gasteiger partial charge on any atom is -0.491 e. The number of nitriles is 2. The number of amides is 8. The lowest BCUT2D eigenvalue weighted by Crippen LogP contribution is -2.74. The third kappa shape index (κ3) is 26.4. The van der Waals surface area contributed by atoms with Gasteiger partial charge in [-0.3, -0.25) is 38.4 Å². The summed E-state index contributed by atoms with van der Waals surface area (Å²) in [5.41, 5.74) is 8.25. The first kappa shape index (κ1) is 105. The van der Waals surface area contributed by atoms with Crippen molar-refractivity contribution in [1.29, 1.82) is 10.5 Å². The van der Waals surface area contributed by atoms with Gasteiger partial charge in [-0.05, 0) is 172 Å². The molecular formula is C104H130Cl2N12O16S2. The first-order valence-corrected chi connectivity index (χ1v) is 48.8. The van der Waals surface area contributed by atoms with Crippen LogP contribution in [0.25, 0.3) is 20.9 Å². The summed E-state index contributed by atoms with van der Waals surface area (Å²) in [5, 5.41) is 58.2. The molecule has 2 aliphatic heterocycles. The number of ether oxygens (including phenoxy) is 6. The molecule has 28 nitrogen and oxygen atoms in total. The third-order valence-corrected chi connectivity index (χ3v) is 28.5. The molecule has 4 heterocycles. The summed E-state index contributed by atoms with van der Waals surface area (Å²) in [6.45, 7) is 36.1. The minimum atomic E-state index is -0.957. The number of hydrogen-bond acceptors (Lipinski definition) is 22. The van der Waals surface area contributed by atoms with Crippen molar-refractivity contribution in [2.75, 3.05) is 39.5 Å². The topological polar surface area (TPSA) is 384 Å². The van der Waals surface area contributed by atoms with Crippen LogP contribution in [0.1, 0.15) is 217 Å². The number of nitrogens with one attached hydrogen (secondary N) is 6. The van der Waals surface area contributed by atoms with Crippen LogP contribution in [0.5, 0.6) is 23.0 Å². The van der Waals surface area contributed by atoms with Crippen LogP contribution in [0.2, 0.25) is 10.0 Å². The van der Waals surface area contributed by atoms with E-state index in [1.165, 1.54) is 9.80 Å². The number of aliphatic hydroxyl groups excluding tert-OH is 2. The summed E-state index contributed by atoms with van der Waals surface area (Å²) in [4.78, 5) is 122. The number of unbranched alkanes of at least 4 members (excludes halogenated alkanes) is 2. The van der Waals surface area contributed by atoms with Crippen molar-refractivity contribution in [3.8, 4) is 56.0 Å². The van der Waals surface area contributed by atoms with Crippen LogP contribution in [-0.4, -0.2) is 190 Å². The van der Waals surface area contributed by atoms with E-state index in [0.29, 0.717) is 81.4 Å². The van der Waals surface area contributed by atoms with Crippen LogP contribution >= 0.6 is 45.9 Å². The molecule has 728 valence electrons. The van der Waals surface area contributed by atoms with E-state index in [-0.39, 0.29) is 112 Å². The number of nitrogens with zero attached hydrogens (tertiary/aromatic N) is 6. The maximum absolute atomic E-state index is 14.0. The van der Waals surface area contributed by atoms with Crippen LogP contribution in [0.4, 0.5) is 0 Å². The van der Waals surface area contributed by atoms with Gasteiger partial charge in [-0.1, -0.05) is 169 Å². The van der Waals surface area contributed by atoms with E-state index in [2.05, 4.69) is 109 Å². The highest BCUT2D eigenvalue weighted by atomic mass is 35.5. The highest BCUT2D eigenvalue weighted by molar-refractivity contribution is 7.13. The number of carbonyl (C=O) groups excluding carboxylic acids is 8. The van der Waals surface area contributed by atoms with Gasteiger partial charge in [-0.2, -0.15) is 10.5 Å². The summed E-state index contributed by atoms with van der Waals surface area (Å²) in [7, 11) is 0. The molecule has 0 unspecified atom stereocenters. The van der Waals surface area contributed by atoms with E-state index in [4.69, 9.17) is 51.6 Å². The van der Waals surface area contributed by atoms with Gasteiger partial charge >= 0.3 is 0 Å². The second kappa shape index (κ2) is 45.5. The number of aliphatic hydroxyl groups is 2. The summed E-state index contributed by atoms with van der Waals surface area (Å²) in [6, 6.07) is 40.0. The predicted molar refractivity (Wildman–Crippen MR) is 524 cm³/mol. The first-order valence-electron chi connectivity index (χ1n) is 46.3. The van der Waals surface area contributed by atoms with Gasteiger partial charge in [-0.15, -0.1) is 22.7 Å². The molecule has 136 heavy (non-hydrogen) atoms. The van der Waals surface area contributed by atoms with Crippen molar-refractivity contribution in [2.45, 2.75) is 262 Å². The quantitative estimate of drug-likeness (QED) is 0.0167. The number of hydrogen-bond donors (Lipinski definition) is 8. The molecular weight excluding hydrogens is 1810 g/mol. The number of β-amino-alcohol motifs (C(OH)–C–C–N with tert-alkyl or cyclic N) is 2. The maximum Gasteiger partial charge on any atom is 0.251 e. The summed E-state index contributed by atoms with van der Waals surface area (Å²) in [5.74, 6) is -0.472. The van der Waals surface area contributed by atoms with Crippen molar-refractivity contribution < 1.29 is 77.0 Å². The lowest BCUT2D eigenvalue weighted by molar-refractivity contribution is -0.164. The first-order chi connectivity index (χ1) is 64.2. The van der Waals surface area contributed by atoms with Crippen molar-refractivity contribution in [1.82, 2.24) is 51.7 Å². The summed E-state index contributed by atoms with van der Waals surface area (Å²) in [6.07, 6.45) is 2.18. The molecule has 4 fully saturated rings. The lowest BCUT2D eigenvalue weighted by Gasteiger charge is -2.63. The van der Waals surface area contributed by atoms with Crippen LogP contribution in [-0.2, 0) is 51.3 Å². The van der Waals surface area contributed by atoms with Gasteiger partial charge in [0.25, 0.3) is 11.8 Å². The smallest absolute Gasteiger partial charge is 0.251 e. The number of benzene rings is 6. The van der Waals surface area contributed by atoms with Crippen LogP contribution in [0.3, 0.4) is 0 Å². The molecule has 0 radical (unpaired) electrons. The number of halogens is 2. The van der Waals surface area contributed by atoms with Gasteiger partial charge < -0.3 is 80.3 Å². The zero-order valence-electron chi connectivity index (χ0n) is 81.0. The van der Waals surface area contributed by atoms with Gasteiger partial charge in [0.2, 0.25) is 35.4 Å². The Morgan fingerprint density at radius 1 is 0.500 bits per heavy atom. The summed E-state index contributed by atoms with van der Waals surface area (Å²) < 4.78 is 36.4. The standard InChI is InChI=1S/2C52H65ClN6O8S/c2*1-31(66-38-20-17-35(18-21-38)45(62)58-48-51(6,7)49(52(48,8)9)67-39-22-19-36(26-54)40(53)25-39)12-10-11-23-65-29-42(61)57-44(50(3,4)5)47(64)59-28-37(60)24-41(59)46(63)55-27-33-13-15-34(16-14-33)43-32(2)56-30-68-43/h2*13-22,25,30-31,37,41,44,48-49,60H,10-12,23-24,27-29H2,1-9H3,(H,55,63)(H,57,61)(H,58,62)/t31-,37+,41-,44+,48-,49-;31-,37-,41+,44-,48-,49-/m01/s1. The Hall–Kier alpha value is -11.1. The Morgan fingerprint density at radius 2 is 0.838 bits per heavy atom. The van der Waals surface area contributed by atoms with E-state index < -0.39 is 92.5 Å². The monoisotopic (exact) mass is 1940 g/mol. The molecule has 2 saturated heterocycles. The Labute approximate surface area is 816 Å². The van der Waals surface area contributed by atoms with Crippen LogP contribution in [0, 0.1) is 69.0 Å². The highest BCUT2D eigenvalue weighted by Gasteiger charge is 2.65. The Balaban J connectivity index is 0.000000261. The fourth-order valence-corrected chi connectivity index (χ4v) is 21.2. The second-order valence-electron chi connectivity index (χ2n) is 40.5. The zero-order valence-corrected chi connectivity index (χ0v) is 84.1. The molecule has 8 amide bonds. The molecule has 12 rings (SSSR count). The number of rotatable bonds is 38. The van der Waals surface area contributed by atoms with E-state index >= 15 is 0 Å². The van der Waals surface area contributed by atoms with Crippen molar-refractivity contribution in [3.05, 3.63) is 199 Å². The average molecular weight is 1940 g/mol. The van der Waals surface area contributed by atoms with Gasteiger partial charge in [0.15, 0.2) is 0 Å². The molecule has 8 aromatic rings. The van der Waals surface area contributed by atoms with Gasteiger partial charge in [-0.25, -0.2) is 9.97 Å². The highest BCUT2D eigenvalue weighted by Crippen LogP contribution is 2.57. The molecule has 4 aliphatic rings. The average Bonchev–Trinajstić information content (AvgIpc) is 0.903. The number of aromatic nitrogens is 2. The van der Waals surface area contributed by atoms with E-state index in [1.807, 2.05) is 129 Å². The van der Waals surface area contributed by atoms with E-state index in [0.717, 1.165) is 69.1 Å². The molecule has 2 aliphatic carbocycles. The number of likely N-dealkylation sites (tertiary alicyclic amines) is 2. The molecule has 2 aromatic heterocycles. The van der Waals surface area contributed by atoms with Gasteiger partial charge in [0.05, 0.1) is 77.8 Å². The number of aryl methyl sites for hydroxylation is 2. The Kier molecular flexibility index (Phi) is 35.3. The molecule has 8 atom stereocenters. The predicted octanol–water partition coefficient (Wildman–Crippen LogP) is 16.0. The third-order valence-electron chi connectivity index (χ3n) is 26.0. The van der Waals surface area contributed by atoms with Crippen LogP contribution < -0.4 is 50.8 Å². The molecule has 32 heteroatoms. The maximum atomic E-state index is 14.0. The second-order valence-corrected chi connectivity index (χ2v) is 43.0. The largest absolute Gasteiger partial charge is 0.491 e. The molecule has 6 aromatic carbocycles. The molecule has 8 N–H and O–H groups in total. The SMILES string of the molecule is Cc1ncsc1-c1ccc(CNC(=O)[C@@H]2C[C@@H](O)CN2C(=O)[C@@H](NC(=O)COCCCC[C@@H](C)Oc2ccc(C(=O)N[C@H]3C(C)(C)[C@H](Oc4ccc(C#N)c(Cl)c4)C3(C)C)cc2)C(C)(C)C)cc1.Cc1ncsc1-c1ccc(CNC(=O)[C@@H]2C[C@@H](O)CN2C(=O)[C@@H](NC(=O)COCCCC[C@H](C)Oc2ccc(C(=O)N[C@H]3C(C)(C)[C@H](Oc4ccc(C#N)c(Cl)c4)C3(C)C)cc2)C(C)(C)C)cc1. The van der Waals surface area contributed by atoms with Gasteiger partial charge in [0.1, 0.15) is 84.7 Å². The summed E-state index contributed by atoms with van der Waals surface area (Å²) >= 11 is 15.6. The van der Waals surface area contributed by atoms with Gasteiger partial charge in [0, 0.05) is 109 Å². The number of carbonyl (C=O) groups is 8. The fraction of sp³-hybridized carbons (Fsp3) is 0.500. The fourth-order valence-electron chi connectivity index (χ4n) is 19.1. The zero-order chi connectivity index (χ0) is 99.1. The van der Waals surface area contributed by atoms with Crippen molar-refractivity contribution >= 4 is 93.1 Å². The van der Waals surface area contributed by atoms with E-state index in [1.54, 1.807) is 108 Å². The van der Waals surface area contributed by atoms with Crippen LogP contribution in [0.15, 0.2) is 144 Å². The van der Waals surface area contributed by atoms with Crippen molar-refractivity contribution in [3.63, 3.8) is 0 Å². The normalized spacial score (nSPS) is 20.3. The van der Waals surface area contributed by atoms with Crippen molar-refractivity contribution in [2.24, 2.45) is 32.5 Å². The Morgan fingerprint density at radius 3 is 1.15 bits per heavy atom. The molecule has 2 saturated carbocycles. The Bertz CT molecular complexity index is 5230. The lowest BCUT2D eigenvalue weighted by atomic mass is 9.49. The molecule has 0 spiro atoms. The van der Waals surface area contributed by atoms with E-state index in [9.17, 15) is 59.1 Å². The minimum absolute atomic E-state index is 0.0146. The number of thiazole rings is 2.